The highest BCUT2D eigenvalue weighted by Gasteiger charge is 2.24. The molecule has 1 aromatic carbocycles. The maximum Gasteiger partial charge on any atom is 0.255 e. The maximum atomic E-state index is 12.3. The Bertz CT molecular complexity index is 767. The number of carbonyl (C=O) groups excluding carboxylic acids is 2. The average Bonchev–Trinajstić information content (AvgIpc) is 3.03. The predicted molar refractivity (Wildman–Crippen MR) is 91.7 cm³/mol. The summed E-state index contributed by atoms with van der Waals surface area (Å²) in [5, 5.41) is 8.39. The molecule has 1 aromatic heterocycles. The number of Topliss-reactive ketones (excluding diaryl/α,β-unsaturated/α-hetero) is 2. The molecule has 24 heavy (non-hydrogen) atoms. The molecule has 126 valence electrons. The summed E-state index contributed by atoms with van der Waals surface area (Å²) in [6.07, 6.45) is 7.63. The van der Waals surface area contributed by atoms with E-state index in [1.165, 1.54) is 50.3 Å². The summed E-state index contributed by atoms with van der Waals surface area (Å²) in [7, 11) is 0. The van der Waals surface area contributed by atoms with Crippen LogP contribution >= 0.6 is 23.2 Å². The third kappa shape index (κ3) is 3.84. The van der Waals surface area contributed by atoms with Crippen LogP contribution in [0.15, 0.2) is 24.4 Å². The maximum absolute atomic E-state index is 12.3. The van der Waals surface area contributed by atoms with Crippen molar-refractivity contribution in [2.24, 2.45) is 5.92 Å². The fourth-order valence-corrected chi connectivity index (χ4v) is 3.53. The van der Waals surface area contributed by atoms with Crippen LogP contribution in [0.5, 0.6) is 0 Å². The zero-order valence-electron chi connectivity index (χ0n) is 13.0. The van der Waals surface area contributed by atoms with Gasteiger partial charge in [-0.05, 0) is 37.0 Å². The lowest BCUT2D eigenvalue weighted by molar-refractivity contribution is 0.0814. The minimum Gasteiger partial charge on any atom is -0.285 e. The van der Waals surface area contributed by atoms with E-state index in [2.05, 4.69) is 10.3 Å². The van der Waals surface area contributed by atoms with Gasteiger partial charge in [-0.15, -0.1) is 5.10 Å². The number of carbonyl (C=O) groups is 2. The Morgan fingerprint density at radius 1 is 1.12 bits per heavy atom. The lowest BCUT2D eigenvalue weighted by Gasteiger charge is -2.20. The number of nitrogens with zero attached hydrogens (tertiary/aromatic N) is 3. The van der Waals surface area contributed by atoms with Crippen molar-refractivity contribution in [1.82, 2.24) is 15.0 Å². The van der Waals surface area contributed by atoms with Gasteiger partial charge in [-0.3, -0.25) is 14.3 Å². The van der Waals surface area contributed by atoms with Crippen molar-refractivity contribution in [3.05, 3.63) is 45.7 Å². The summed E-state index contributed by atoms with van der Waals surface area (Å²) < 4.78 is 1.65. The van der Waals surface area contributed by atoms with Crippen LogP contribution in [0.3, 0.4) is 0 Å². The number of halogens is 2. The summed E-state index contributed by atoms with van der Waals surface area (Å²) in [5.74, 6) is -0.861. The molecule has 1 saturated carbocycles. The van der Waals surface area contributed by atoms with Crippen LogP contribution in [-0.4, -0.2) is 26.6 Å². The van der Waals surface area contributed by atoms with Crippen molar-refractivity contribution in [3.8, 4) is 0 Å². The van der Waals surface area contributed by atoms with Crippen molar-refractivity contribution in [2.75, 3.05) is 0 Å². The molecule has 0 radical (unpaired) electrons. The van der Waals surface area contributed by atoms with E-state index in [9.17, 15) is 9.59 Å². The lowest BCUT2D eigenvalue weighted by Crippen LogP contribution is -2.16. The number of benzene rings is 1. The monoisotopic (exact) mass is 365 g/mol. The van der Waals surface area contributed by atoms with Crippen molar-refractivity contribution in [2.45, 2.75) is 38.6 Å². The van der Waals surface area contributed by atoms with Crippen LogP contribution < -0.4 is 0 Å². The molecule has 0 bridgehead atoms. The van der Waals surface area contributed by atoms with Gasteiger partial charge in [-0.25, -0.2) is 0 Å². The zero-order chi connectivity index (χ0) is 17.1. The molecule has 1 fully saturated rings. The summed E-state index contributed by atoms with van der Waals surface area (Å²) in [5.41, 5.74) is 0.162. The van der Waals surface area contributed by atoms with E-state index in [1.54, 1.807) is 10.9 Å². The normalized spacial score (nSPS) is 15.4. The van der Waals surface area contributed by atoms with Crippen molar-refractivity contribution in [1.29, 1.82) is 0 Å². The van der Waals surface area contributed by atoms with E-state index >= 15 is 0 Å². The Hall–Kier alpha value is -1.72. The third-order valence-electron chi connectivity index (χ3n) is 4.32. The molecule has 0 spiro atoms. The largest absolute Gasteiger partial charge is 0.285 e. The van der Waals surface area contributed by atoms with Crippen molar-refractivity contribution >= 4 is 34.8 Å². The predicted octanol–water partition coefficient (Wildman–Crippen LogP) is 4.23. The van der Waals surface area contributed by atoms with Crippen LogP contribution in [0.2, 0.25) is 10.0 Å². The SMILES string of the molecule is O=C(C(=O)c1ccc(Cl)cc1Cl)c1cn(CC2CCCCC2)nn1. The molecule has 0 atom stereocenters. The standard InChI is InChI=1S/C17H17Cl2N3O2/c18-12-6-7-13(14(19)8-12)16(23)17(24)15-10-22(21-20-15)9-11-4-2-1-3-5-11/h6-8,10-11H,1-5,9H2. The average molecular weight is 366 g/mol. The molecule has 0 amide bonds. The van der Waals surface area contributed by atoms with Crippen LogP contribution in [0.25, 0.3) is 0 Å². The van der Waals surface area contributed by atoms with Crippen LogP contribution in [-0.2, 0) is 6.54 Å². The first-order valence-electron chi connectivity index (χ1n) is 7.99. The van der Waals surface area contributed by atoms with E-state index in [0.29, 0.717) is 10.9 Å². The highest BCUT2D eigenvalue weighted by Crippen LogP contribution is 2.25. The van der Waals surface area contributed by atoms with Gasteiger partial charge in [0.1, 0.15) is 0 Å². The molecule has 3 rings (SSSR count). The Morgan fingerprint density at radius 2 is 1.88 bits per heavy atom. The second kappa shape index (κ2) is 7.45. The number of ketones is 2. The lowest BCUT2D eigenvalue weighted by atomic mass is 9.89. The van der Waals surface area contributed by atoms with Gasteiger partial charge in [0, 0.05) is 17.1 Å². The van der Waals surface area contributed by atoms with Crippen molar-refractivity contribution < 1.29 is 9.59 Å². The highest BCUT2D eigenvalue weighted by atomic mass is 35.5. The van der Waals surface area contributed by atoms with Crippen LogP contribution in [0.4, 0.5) is 0 Å². The molecule has 7 heteroatoms. The van der Waals surface area contributed by atoms with Gasteiger partial charge in [0.25, 0.3) is 5.78 Å². The molecule has 1 aliphatic rings. The second-order valence-electron chi connectivity index (χ2n) is 6.11. The fourth-order valence-electron chi connectivity index (χ4n) is 3.04. The molecule has 2 aromatic rings. The van der Waals surface area contributed by atoms with E-state index < -0.39 is 11.6 Å². The topological polar surface area (TPSA) is 64.8 Å². The second-order valence-corrected chi connectivity index (χ2v) is 6.96. The third-order valence-corrected chi connectivity index (χ3v) is 4.87. The first-order chi connectivity index (χ1) is 11.5. The Kier molecular flexibility index (Phi) is 5.31. The van der Waals surface area contributed by atoms with Gasteiger partial charge in [-0.1, -0.05) is 47.7 Å². The first-order valence-corrected chi connectivity index (χ1v) is 8.74. The summed E-state index contributed by atoms with van der Waals surface area (Å²) in [6.45, 7) is 0.732. The van der Waals surface area contributed by atoms with Gasteiger partial charge in [0.2, 0.25) is 5.78 Å². The van der Waals surface area contributed by atoms with Gasteiger partial charge in [0.15, 0.2) is 5.69 Å². The minimum atomic E-state index is -0.714. The molecule has 1 aliphatic carbocycles. The Labute approximate surface area is 149 Å². The molecule has 0 unspecified atom stereocenters. The Morgan fingerprint density at radius 3 is 2.58 bits per heavy atom. The zero-order valence-corrected chi connectivity index (χ0v) is 14.6. The van der Waals surface area contributed by atoms with E-state index in [4.69, 9.17) is 23.2 Å². The van der Waals surface area contributed by atoms with Crippen molar-refractivity contribution in [3.63, 3.8) is 0 Å². The van der Waals surface area contributed by atoms with E-state index in [0.717, 1.165) is 6.54 Å². The molecule has 5 nitrogen and oxygen atoms in total. The molecular weight excluding hydrogens is 349 g/mol. The number of hydrogen-bond acceptors (Lipinski definition) is 4. The summed E-state index contributed by atoms with van der Waals surface area (Å²) >= 11 is 11.8. The summed E-state index contributed by atoms with van der Waals surface area (Å²) in [6, 6.07) is 4.40. The number of aromatic nitrogens is 3. The van der Waals surface area contributed by atoms with Gasteiger partial charge < -0.3 is 0 Å². The Balaban J connectivity index is 1.71. The molecule has 0 N–H and O–H groups in total. The highest BCUT2D eigenvalue weighted by molar-refractivity contribution is 6.51. The molecule has 1 heterocycles. The first kappa shape index (κ1) is 17.1. The van der Waals surface area contributed by atoms with Gasteiger partial charge in [0.05, 0.1) is 11.2 Å². The number of rotatable bonds is 5. The summed E-state index contributed by atoms with van der Waals surface area (Å²) in [4.78, 5) is 24.7. The van der Waals surface area contributed by atoms with Gasteiger partial charge >= 0.3 is 0 Å². The smallest absolute Gasteiger partial charge is 0.255 e. The van der Waals surface area contributed by atoms with E-state index in [1.807, 2.05) is 0 Å². The van der Waals surface area contributed by atoms with Gasteiger partial charge in [-0.2, -0.15) is 0 Å². The quantitative estimate of drug-likeness (QED) is 0.587. The fraction of sp³-hybridized carbons (Fsp3) is 0.412. The van der Waals surface area contributed by atoms with Crippen LogP contribution in [0, 0.1) is 5.92 Å². The minimum absolute atomic E-state index is 0.0434. The number of hydrogen-bond donors (Lipinski definition) is 0. The molecular formula is C17H17Cl2N3O2. The van der Waals surface area contributed by atoms with E-state index in [-0.39, 0.29) is 16.3 Å². The molecule has 0 saturated heterocycles. The van der Waals surface area contributed by atoms with Crippen LogP contribution in [0.1, 0.15) is 53.0 Å². The molecule has 0 aliphatic heterocycles.